The van der Waals surface area contributed by atoms with Gasteiger partial charge < -0.3 is 10.4 Å². The Hall–Kier alpha value is -0.530. The van der Waals surface area contributed by atoms with Crippen molar-refractivity contribution in [3.63, 3.8) is 0 Å². The van der Waals surface area contributed by atoms with Crippen LogP contribution in [0.25, 0.3) is 0 Å². The van der Waals surface area contributed by atoms with E-state index in [0.717, 1.165) is 0 Å². The van der Waals surface area contributed by atoms with Crippen LogP contribution >= 0.6 is 45.8 Å². The lowest BCUT2D eigenvalue weighted by Gasteiger charge is -2.16. The first-order chi connectivity index (χ1) is 8.85. The van der Waals surface area contributed by atoms with Gasteiger partial charge in [-0.1, -0.05) is 30.1 Å². The predicted octanol–water partition coefficient (Wildman–Crippen LogP) is 3.58. The first kappa shape index (κ1) is 16.5. The number of halogens is 3. The van der Waals surface area contributed by atoms with Gasteiger partial charge in [0.05, 0.1) is 17.0 Å². The third-order valence-electron chi connectivity index (χ3n) is 2.49. The fourth-order valence-electron chi connectivity index (χ4n) is 1.49. The van der Waals surface area contributed by atoms with Crippen molar-refractivity contribution in [3.8, 4) is 0 Å². The molecule has 0 heterocycles. The number of carboxylic acids is 1. The first-order valence-corrected chi connectivity index (χ1v) is 7.35. The molecule has 1 aromatic rings. The third-order valence-corrected chi connectivity index (χ3v) is 4.48. The van der Waals surface area contributed by atoms with Crippen LogP contribution < -0.4 is 5.32 Å². The van der Waals surface area contributed by atoms with Crippen LogP contribution in [0.4, 0.5) is 0 Å². The molecular weight excluding hydrogens is 404 g/mol. The Morgan fingerprint density at radius 3 is 2.58 bits per heavy atom. The lowest BCUT2D eigenvalue weighted by atomic mass is 10.1. The van der Waals surface area contributed by atoms with Crippen LogP contribution in [0.1, 0.15) is 30.1 Å². The number of benzene rings is 1. The van der Waals surface area contributed by atoms with Crippen molar-refractivity contribution in [1.82, 2.24) is 5.32 Å². The van der Waals surface area contributed by atoms with Gasteiger partial charge in [-0.25, -0.2) is 0 Å². The number of rotatable bonds is 5. The molecule has 0 aliphatic heterocycles. The number of hydrogen-bond donors (Lipinski definition) is 2. The number of amides is 1. The maximum atomic E-state index is 12.1. The van der Waals surface area contributed by atoms with Crippen LogP contribution in [-0.2, 0) is 4.79 Å². The van der Waals surface area contributed by atoms with E-state index in [0.29, 0.717) is 25.6 Å². The second-order valence-electron chi connectivity index (χ2n) is 3.93. The van der Waals surface area contributed by atoms with E-state index < -0.39 is 12.0 Å². The van der Waals surface area contributed by atoms with Crippen molar-refractivity contribution in [1.29, 1.82) is 0 Å². The summed E-state index contributed by atoms with van der Waals surface area (Å²) < 4.78 is 0.589. The number of aliphatic carboxylic acids is 1. The van der Waals surface area contributed by atoms with Gasteiger partial charge in [0.25, 0.3) is 5.91 Å². The van der Waals surface area contributed by atoms with Crippen molar-refractivity contribution in [2.45, 2.75) is 25.8 Å². The molecule has 1 amide bonds. The van der Waals surface area contributed by atoms with E-state index in [4.69, 9.17) is 28.3 Å². The second-order valence-corrected chi connectivity index (χ2v) is 5.85. The molecule has 1 rings (SSSR count). The average molecular weight is 416 g/mol. The van der Waals surface area contributed by atoms with Gasteiger partial charge in [0, 0.05) is 14.6 Å². The van der Waals surface area contributed by atoms with Gasteiger partial charge in [-0.15, -0.1) is 0 Å². The maximum absolute atomic E-state index is 12.1. The smallest absolute Gasteiger partial charge is 0.305 e. The summed E-state index contributed by atoms with van der Waals surface area (Å²) in [6, 6.07) is 2.65. The molecule has 7 heteroatoms. The van der Waals surface area contributed by atoms with Crippen molar-refractivity contribution >= 4 is 57.7 Å². The van der Waals surface area contributed by atoms with E-state index in [1.165, 1.54) is 6.07 Å². The fraction of sp³-hybridized carbons (Fsp3) is 0.333. The second kappa shape index (κ2) is 7.31. The maximum Gasteiger partial charge on any atom is 0.305 e. The van der Waals surface area contributed by atoms with Crippen LogP contribution in [0.5, 0.6) is 0 Å². The van der Waals surface area contributed by atoms with E-state index in [1.807, 2.05) is 29.5 Å². The van der Waals surface area contributed by atoms with Gasteiger partial charge in [0.15, 0.2) is 0 Å². The number of carbonyl (C=O) groups is 2. The highest BCUT2D eigenvalue weighted by molar-refractivity contribution is 14.1. The Balaban J connectivity index is 2.91. The zero-order valence-electron chi connectivity index (χ0n) is 10.0. The quantitative estimate of drug-likeness (QED) is 0.570. The summed E-state index contributed by atoms with van der Waals surface area (Å²) in [7, 11) is 0. The molecule has 104 valence electrons. The Bertz CT molecular complexity index is 508. The molecule has 0 radical (unpaired) electrons. The molecule has 0 saturated heterocycles. The Kier molecular flexibility index (Phi) is 6.35. The summed E-state index contributed by atoms with van der Waals surface area (Å²) in [5.74, 6) is -1.33. The minimum atomic E-state index is -0.953. The summed E-state index contributed by atoms with van der Waals surface area (Å²) in [5.41, 5.74) is 0.349. The molecule has 4 nitrogen and oxygen atoms in total. The Labute approximate surface area is 134 Å². The SMILES string of the molecule is CCC(CC(=O)O)NC(=O)c1cc(Cl)cc(Cl)c1I. The van der Waals surface area contributed by atoms with E-state index in [9.17, 15) is 9.59 Å². The average Bonchev–Trinajstić information content (AvgIpc) is 2.32. The van der Waals surface area contributed by atoms with Crippen molar-refractivity contribution in [2.24, 2.45) is 0 Å². The molecule has 1 atom stereocenters. The summed E-state index contributed by atoms with van der Waals surface area (Å²) in [6.45, 7) is 1.81. The molecule has 2 N–H and O–H groups in total. The molecule has 0 fully saturated rings. The van der Waals surface area contributed by atoms with E-state index >= 15 is 0 Å². The number of carboxylic acid groups (broad SMARTS) is 1. The third kappa shape index (κ3) is 4.81. The molecule has 0 saturated carbocycles. The zero-order chi connectivity index (χ0) is 14.6. The molecule has 0 aliphatic rings. The minimum absolute atomic E-state index is 0.118. The predicted molar refractivity (Wildman–Crippen MR) is 83.0 cm³/mol. The number of nitrogens with one attached hydrogen (secondary N) is 1. The van der Waals surface area contributed by atoms with Crippen molar-refractivity contribution < 1.29 is 14.7 Å². The molecule has 0 aliphatic carbocycles. The highest BCUT2D eigenvalue weighted by atomic mass is 127. The van der Waals surface area contributed by atoms with E-state index in [2.05, 4.69) is 5.32 Å². The van der Waals surface area contributed by atoms with Gasteiger partial charge >= 0.3 is 5.97 Å². The number of hydrogen-bond acceptors (Lipinski definition) is 2. The molecule has 0 spiro atoms. The van der Waals surface area contributed by atoms with Crippen LogP contribution in [0.15, 0.2) is 12.1 Å². The highest BCUT2D eigenvalue weighted by Gasteiger charge is 2.18. The first-order valence-electron chi connectivity index (χ1n) is 5.52. The number of carbonyl (C=O) groups excluding carboxylic acids is 1. The van der Waals surface area contributed by atoms with Gasteiger partial charge in [-0.3, -0.25) is 9.59 Å². The minimum Gasteiger partial charge on any atom is -0.481 e. The summed E-state index contributed by atoms with van der Waals surface area (Å²) in [5, 5.41) is 12.2. The lowest BCUT2D eigenvalue weighted by Crippen LogP contribution is -2.36. The molecule has 0 aromatic heterocycles. The summed E-state index contributed by atoms with van der Waals surface area (Å²) in [4.78, 5) is 22.8. The van der Waals surface area contributed by atoms with Crippen molar-refractivity contribution in [3.05, 3.63) is 31.3 Å². The largest absolute Gasteiger partial charge is 0.481 e. The molecule has 0 bridgehead atoms. The van der Waals surface area contributed by atoms with Crippen LogP contribution in [0, 0.1) is 3.57 Å². The van der Waals surface area contributed by atoms with Gasteiger partial charge in [-0.05, 0) is 41.1 Å². The highest BCUT2D eigenvalue weighted by Crippen LogP contribution is 2.26. The zero-order valence-corrected chi connectivity index (χ0v) is 13.7. The fourth-order valence-corrected chi connectivity index (χ4v) is 2.54. The van der Waals surface area contributed by atoms with E-state index in [-0.39, 0.29) is 12.3 Å². The molecule has 19 heavy (non-hydrogen) atoms. The van der Waals surface area contributed by atoms with Crippen LogP contribution in [-0.4, -0.2) is 23.0 Å². The van der Waals surface area contributed by atoms with Crippen LogP contribution in [0.3, 0.4) is 0 Å². The van der Waals surface area contributed by atoms with Gasteiger partial charge in [0.1, 0.15) is 0 Å². The topological polar surface area (TPSA) is 66.4 Å². The lowest BCUT2D eigenvalue weighted by molar-refractivity contribution is -0.137. The molecular formula is C12H12Cl2INO3. The van der Waals surface area contributed by atoms with Crippen molar-refractivity contribution in [2.75, 3.05) is 0 Å². The monoisotopic (exact) mass is 415 g/mol. The van der Waals surface area contributed by atoms with E-state index in [1.54, 1.807) is 6.07 Å². The van der Waals surface area contributed by atoms with Gasteiger partial charge in [-0.2, -0.15) is 0 Å². The van der Waals surface area contributed by atoms with Gasteiger partial charge in [0.2, 0.25) is 0 Å². The summed E-state index contributed by atoms with van der Waals surface area (Å²) in [6.07, 6.45) is 0.413. The molecule has 1 unspecified atom stereocenters. The normalized spacial score (nSPS) is 12.0. The summed E-state index contributed by atoms with van der Waals surface area (Å²) >= 11 is 13.8. The van der Waals surface area contributed by atoms with Crippen LogP contribution in [0.2, 0.25) is 10.0 Å². The Morgan fingerprint density at radius 2 is 2.05 bits per heavy atom. The standard InChI is InChI=1S/C12H12Cl2INO3/c1-2-7(5-10(17)18)16-12(19)8-3-6(13)4-9(14)11(8)15/h3-4,7H,2,5H2,1H3,(H,16,19)(H,17,18). The molecule has 1 aromatic carbocycles. The Morgan fingerprint density at radius 1 is 1.42 bits per heavy atom.